The molecule has 7 nitrogen and oxygen atoms in total. The van der Waals surface area contributed by atoms with E-state index in [9.17, 15) is 4.79 Å². The van der Waals surface area contributed by atoms with Crippen LogP contribution in [0.25, 0.3) is 0 Å². The van der Waals surface area contributed by atoms with Crippen molar-refractivity contribution in [2.45, 2.75) is 67.2 Å². The average Bonchev–Trinajstić information content (AvgIpc) is 3.60. The number of pyridine rings is 1. The van der Waals surface area contributed by atoms with Gasteiger partial charge in [0.1, 0.15) is 10.7 Å². The smallest absolute Gasteiger partial charge is 0.270 e. The van der Waals surface area contributed by atoms with Crippen LogP contribution in [0.3, 0.4) is 0 Å². The molecule has 0 amide bonds. The summed E-state index contributed by atoms with van der Waals surface area (Å²) in [5.74, 6) is 1.89. The number of piperidine rings is 1. The summed E-state index contributed by atoms with van der Waals surface area (Å²) in [5.41, 5.74) is 13.9. The highest BCUT2D eigenvalue weighted by Gasteiger charge is 2.46. The molecule has 3 aliphatic rings. The van der Waals surface area contributed by atoms with Crippen molar-refractivity contribution in [3.63, 3.8) is 0 Å². The van der Waals surface area contributed by atoms with Gasteiger partial charge in [-0.15, -0.1) is 0 Å². The van der Waals surface area contributed by atoms with Gasteiger partial charge in [-0.3, -0.25) is 14.3 Å². The Morgan fingerprint density at radius 2 is 1.94 bits per heavy atom. The van der Waals surface area contributed by atoms with E-state index in [-0.39, 0.29) is 22.8 Å². The standard InChI is InChI=1S/C23H31ClN6OS/c1-13-5-7-23(19(13)25)8-11-30(12-9-23)22-28-20(26)18(21(31)29(22)2)32-15-6-10-27-17(16(15)24)14-3-4-14/h6,10,13-14,19H,3-5,7-9,11-12,25-26H2,1-2H3/t13-,19-/m1/s1. The predicted octanol–water partition coefficient (Wildman–Crippen LogP) is 3.78. The van der Waals surface area contributed by atoms with Crippen LogP contribution in [0.2, 0.25) is 5.02 Å². The van der Waals surface area contributed by atoms with Gasteiger partial charge in [0, 0.05) is 43.2 Å². The number of hydrogen-bond acceptors (Lipinski definition) is 7. The lowest BCUT2D eigenvalue weighted by Crippen LogP contribution is -2.49. The molecular formula is C23H31ClN6OS. The van der Waals surface area contributed by atoms with Gasteiger partial charge in [-0.25, -0.2) is 0 Å². The summed E-state index contributed by atoms with van der Waals surface area (Å²) in [7, 11) is 1.77. The summed E-state index contributed by atoms with van der Waals surface area (Å²) in [6.07, 6.45) is 8.44. The second-order valence-electron chi connectivity index (χ2n) is 9.77. The van der Waals surface area contributed by atoms with E-state index >= 15 is 0 Å². The lowest BCUT2D eigenvalue weighted by molar-refractivity contribution is 0.185. The van der Waals surface area contributed by atoms with Crippen LogP contribution in [0.15, 0.2) is 26.8 Å². The average molecular weight is 475 g/mol. The fraction of sp³-hybridized carbons (Fsp3) is 0.609. The van der Waals surface area contributed by atoms with Gasteiger partial charge < -0.3 is 16.4 Å². The van der Waals surface area contributed by atoms with Crippen molar-refractivity contribution < 1.29 is 0 Å². The van der Waals surface area contributed by atoms with Gasteiger partial charge in [-0.05, 0) is 55.9 Å². The quantitative estimate of drug-likeness (QED) is 0.694. The predicted molar refractivity (Wildman–Crippen MR) is 129 cm³/mol. The van der Waals surface area contributed by atoms with Crippen molar-refractivity contribution in [1.29, 1.82) is 0 Å². The van der Waals surface area contributed by atoms with E-state index in [0.717, 1.165) is 49.4 Å². The Bertz CT molecular complexity index is 1090. The van der Waals surface area contributed by atoms with Crippen molar-refractivity contribution in [2.24, 2.45) is 24.1 Å². The van der Waals surface area contributed by atoms with Crippen LogP contribution >= 0.6 is 23.4 Å². The molecule has 2 atom stereocenters. The molecule has 0 radical (unpaired) electrons. The third-order valence-electron chi connectivity index (χ3n) is 7.77. The minimum absolute atomic E-state index is 0.148. The molecule has 9 heteroatoms. The number of nitrogen functional groups attached to an aromatic ring is 1. The van der Waals surface area contributed by atoms with E-state index in [2.05, 4.69) is 21.8 Å². The number of nitrogens with two attached hydrogens (primary N) is 2. The lowest BCUT2D eigenvalue weighted by atomic mass is 9.73. The first-order valence-electron chi connectivity index (χ1n) is 11.5. The Morgan fingerprint density at radius 1 is 1.22 bits per heavy atom. The number of nitrogens with zero attached hydrogens (tertiary/aromatic N) is 4. The van der Waals surface area contributed by atoms with Crippen LogP contribution in [0.1, 0.15) is 57.1 Å². The molecule has 2 saturated carbocycles. The highest BCUT2D eigenvalue weighted by atomic mass is 35.5. The van der Waals surface area contributed by atoms with Crippen molar-refractivity contribution in [1.82, 2.24) is 14.5 Å². The number of hydrogen-bond donors (Lipinski definition) is 2. The van der Waals surface area contributed by atoms with Crippen LogP contribution in [0, 0.1) is 11.3 Å². The van der Waals surface area contributed by atoms with E-state index in [1.807, 2.05) is 6.07 Å². The topological polar surface area (TPSA) is 103 Å². The molecule has 32 heavy (non-hydrogen) atoms. The molecule has 5 rings (SSSR count). The Hall–Kier alpha value is -1.77. The van der Waals surface area contributed by atoms with Gasteiger partial charge in [0.25, 0.3) is 5.56 Å². The minimum Gasteiger partial charge on any atom is -0.382 e. The zero-order chi connectivity index (χ0) is 22.6. The molecule has 3 fully saturated rings. The van der Waals surface area contributed by atoms with E-state index < -0.39 is 0 Å². The number of halogens is 1. The van der Waals surface area contributed by atoms with Crippen LogP contribution < -0.4 is 21.9 Å². The summed E-state index contributed by atoms with van der Waals surface area (Å²) in [4.78, 5) is 25.7. The molecule has 1 saturated heterocycles. The van der Waals surface area contributed by atoms with Gasteiger partial charge in [-0.1, -0.05) is 30.3 Å². The third kappa shape index (κ3) is 3.70. The highest BCUT2D eigenvalue weighted by Crippen LogP contribution is 2.48. The lowest BCUT2D eigenvalue weighted by Gasteiger charge is -2.43. The van der Waals surface area contributed by atoms with Gasteiger partial charge in [0.15, 0.2) is 0 Å². The summed E-state index contributed by atoms with van der Waals surface area (Å²) in [5, 5.41) is 0.619. The maximum Gasteiger partial charge on any atom is 0.270 e. The normalized spacial score (nSPS) is 24.9. The fourth-order valence-corrected chi connectivity index (χ4v) is 6.74. The molecule has 2 aromatic rings. The first-order chi connectivity index (χ1) is 15.3. The Labute approximate surface area is 197 Å². The highest BCUT2D eigenvalue weighted by molar-refractivity contribution is 7.99. The largest absolute Gasteiger partial charge is 0.382 e. The molecule has 1 aliphatic heterocycles. The van der Waals surface area contributed by atoms with Crippen molar-refractivity contribution in [3.05, 3.63) is 33.3 Å². The van der Waals surface area contributed by atoms with Crippen LogP contribution in [-0.2, 0) is 7.05 Å². The van der Waals surface area contributed by atoms with Crippen molar-refractivity contribution in [2.75, 3.05) is 23.7 Å². The molecule has 1 spiro atoms. The van der Waals surface area contributed by atoms with E-state index in [1.165, 1.54) is 24.6 Å². The molecule has 2 aliphatic carbocycles. The molecule has 0 bridgehead atoms. The summed E-state index contributed by atoms with van der Waals surface area (Å²) in [6.45, 7) is 3.94. The summed E-state index contributed by atoms with van der Waals surface area (Å²) >= 11 is 7.88. The maximum atomic E-state index is 13.3. The van der Waals surface area contributed by atoms with Gasteiger partial charge in [0.05, 0.1) is 10.7 Å². The van der Waals surface area contributed by atoms with E-state index in [1.54, 1.807) is 17.8 Å². The maximum absolute atomic E-state index is 13.3. The molecule has 3 heterocycles. The second-order valence-corrected chi connectivity index (χ2v) is 11.2. The first-order valence-corrected chi connectivity index (χ1v) is 12.7. The molecule has 4 N–H and O–H groups in total. The Morgan fingerprint density at radius 3 is 2.56 bits per heavy atom. The van der Waals surface area contributed by atoms with Gasteiger partial charge in [0.2, 0.25) is 5.95 Å². The molecule has 172 valence electrons. The minimum atomic E-state index is -0.148. The number of rotatable bonds is 4. The Kier molecular flexibility index (Phi) is 5.66. The van der Waals surface area contributed by atoms with Crippen LogP contribution in [-0.4, -0.2) is 33.7 Å². The molecule has 0 aromatic carbocycles. The second kappa shape index (κ2) is 8.22. The van der Waals surface area contributed by atoms with Gasteiger partial charge >= 0.3 is 0 Å². The fourth-order valence-electron chi connectivity index (χ4n) is 5.44. The van der Waals surface area contributed by atoms with E-state index in [0.29, 0.717) is 27.7 Å². The van der Waals surface area contributed by atoms with Crippen molar-refractivity contribution in [3.8, 4) is 0 Å². The molecule has 0 unspecified atom stereocenters. The van der Waals surface area contributed by atoms with Crippen LogP contribution in [0.5, 0.6) is 0 Å². The summed E-state index contributed by atoms with van der Waals surface area (Å²) < 4.78 is 1.62. The third-order valence-corrected chi connectivity index (χ3v) is 9.43. The molecule has 2 aromatic heterocycles. The zero-order valence-corrected chi connectivity index (χ0v) is 20.3. The first kappa shape index (κ1) is 22.0. The van der Waals surface area contributed by atoms with Gasteiger partial charge in [-0.2, -0.15) is 4.98 Å². The van der Waals surface area contributed by atoms with Crippen molar-refractivity contribution >= 4 is 35.1 Å². The van der Waals surface area contributed by atoms with E-state index in [4.69, 9.17) is 23.1 Å². The van der Waals surface area contributed by atoms with Crippen LogP contribution in [0.4, 0.5) is 11.8 Å². The molecular weight excluding hydrogens is 444 g/mol. The summed E-state index contributed by atoms with van der Waals surface area (Å²) in [6, 6.07) is 2.10. The SMILES string of the molecule is C[C@@H]1CCC2(CCN(c3nc(N)c(Sc4ccnc(C5CC5)c4Cl)c(=O)n3C)CC2)[C@@H]1N. The number of aromatic nitrogens is 3. The number of anilines is 2. The Balaban J connectivity index is 1.38. The zero-order valence-electron chi connectivity index (χ0n) is 18.7. The monoisotopic (exact) mass is 474 g/mol.